The number of carbonyl (C=O) groups excluding carboxylic acids is 1. The number of carbonyl (C=O) groups is 1. The van der Waals surface area contributed by atoms with Gasteiger partial charge in [0.2, 0.25) is 5.91 Å². The normalized spacial score (nSPS) is 21.2. The highest BCUT2D eigenvalue weighted by molar-refractivity contribution is 7.10. The van der Waals surface area contributed by atoms with Crippen molar-refractivity contribution in [1.29, 1.82) is 0 Å². The first kappa shape index (κ1) is 19.7. The van der Waals surface area contributed by atoms with Gasteiger partial charge in [-0.1, -0.05) is 6.42 Å². The van der Waals surface area contributed by atoms with E-state index >= 15 is 0 Å². The second-order valence-electron chi connectivity index (χ2n) is 5.69. The van der Waals surface area contributed by atoms with Gasteiger partial charge in [-0.2, -0.15) is 0 Å². The standard InChI is InChI=1S/C15H23N3OS.2ClH/c19-15(13-3-1-2-6-16-13)17-7-9-18-8-4-14-12(11-18)5-10-20-14;;/h5,10,13,16H,1-4,6-9,11H2,(H,17,19);2*1H/t13-;;/m1../s1. The molecule has 0 unspecified atom stereocenters. The Bertz CT molecular complexity index is 463. The van der Waals surface area contributed by atoms with Gasteiger partial charge in [-0.05, 0) is 42.8 Å². The second-order valence-corrected chi connectivity index (χ2v) is 6.69. The SMILES string of the molecule is Cl.Cl.O=C(NCCN1CCc2sccc2C1)[C@H]1CCCCN1. The molecule has 2 aliphatic rings. The highest BCUT2D eigenvalue weighted by Gasteiger charge is 2.21. The maximum Gasteiger partial charge on any atom is 0.237 e. The third-order valence-electron chi connectivity index (χ3n) is 4.24. The molecule has 0 saturated carbocycles. The zero-order valence-electron chi connectivity index (χ0n) is 12.7. The maximum absolute atomic E-state index is 12.0. The van der Waals surface area contributed by atoms with Gasteiger partial charge in [0, 0.05) is 31.1 Å². The minimum absolute atomic E-state index is 0. The van der Waals surface area contributed by atoms with Crippen molar-refractivity contribution in [2.45, 2.75) is 38.3 Å². The molecule has 1 fully saturated rings. The molecule has 1 aromatic heterocycles. The lowest BCUT2D eigenvalue weighted by Crippen LogP contribution is -2.48. The Hall–Kier alpha value is -0.330. The number of amides is 1. The largest absolute Gasteiger partial charge is 0.353 e. The Balaban J connectivity index is 0.00000121. The van der Waals surface area contributed by atoms with Gasteiger partial charge >= 0.3 is 0 Å². The summed E-state index contributed by atoms with van der Waals surface area (Å²) in [5.74, 6) is 0.179. The summed E-state index contributed by atoms with van der Waals surface area (Å²) in [6.45, 7) is 4.84. The van der Waals surface area contributed by atoms with Crippen molar-refractivity contribution in [3.05, 3.63) is 21.9 Å². The van der Waals surface area contributed by atoms with Crippen molar-refractivity contribution in [2.24, 2.45) is 0 Å². The van der Waals surface area contributed by atoms with Gasteiger partial charge in [-0.25, -0.2) is 0 Å². The molecule has 22 heavy (non-hydrogen) atoms. The van der Waals surface area contributed by atoms with Crippen LogP contribution >= 0.6 is 36.2 Å². The van der Waals surface area contributed by atoms with E-state index in [1.165, 1.54) is 16.9 Å². The molecule has 4 nitrogen and oxygen atoms in total. The Labute approximate surface area is 148 Å². The summed E-state index contributed by atoms with van der Waals surface area (Å²) in [6, 6.07) is 2.27. The molecule has 1 amide bonds. The molecular weight excluding hydrogens is 341 g/mol. The van der Waals surface area contributed by atoms with Crippen LogP contribution in [0, 0.1) is 0 Å². The number of nitrogens with one attached hydrogen (secondary N) is 2. The van der Waals surface area contributed by atoms with E-state index in [4.69, 9.17) is 0 Å². The van der Waals surface area contributed by atoms with Gasteiger partial charge < -0.3 is 10.6 Å². The average molecular weight is 366 g/mol. The summed E-state index contributed by atoms with van der Waals surface area (Å²) < 4.78 is 0. The topological polar surface area (TPSA) is 44.4 Å². The third-order valence-corrected chi connectivity index (χ3v) is 5.26. The number of hydrogen-bond acceptors (Lipinski definition) is 4. The van der Waals surface area contributed by atoms with Crippen LogP contribution < -0.4 is 10.6 Å². The summed E-state index contributed by atoms with van der Waals surface area (Å²) in [5.41, 5.74) is 1.47. The number of fused-ring (bicyclic) bond motifs is 1. The minimum atomic E-state index is 0. The van der Waals surface area contributed by atoms with E-state index < -0.39 is 0 Å². The summed E-state index contributed by atoms with van der Waals surface area (Å²) in [4.78, 5) is 16.0. The van der Waals surface area contributed by atoms with Crippen LogP contribution in [0.5, 0.6) is 0 Å². The van der Waals surface area contributed by atoms with Crippen molar-refractivity contribution in [2.75, 3.05) is 26.2 Å². The van der Waals surface area contributed by atoms with Crippen molar-refractivity contribution in [3.63, 3.8) is 0 Å². The number of nitrogens with zero attached hydrogens (tertiary/aromatic N) is 1. The van der Waals surface area contributed by atoms with Gasteiger partial charge in [-0.15, -0.1) is 36.2 Å². The predicted octanol–water partition coefficient (Wildman–Crippen LogP) is 2.21. The second kappa shape index (κ2) is 9.73. The van der Waals surface area contributed by atoms with Crippen molar-refractivity contribution < 1.29 is 4.79 Å². The molecule has 1 atom stereocenters. The van der Waals surface area contributed by atoms with Crippen molar-refractivity contribution in [1.82, 2.24) is 15.5 Å². The van der Waals surface area contributed by atoms with E-state index in [9.17, 15) is 4.79 Å². The number of hydrogen-bond donors (Lipinski definition) is 2. The molecule has 126 valence electrons. The zero-order chi connectivity index (χ0) is 13.8. The van der Waals surface area contributed by atoms with Crippen LogP contribution in [0.4, 0.5) is 0 Å². The summed E-state index contributed by atoms with van der Waals surface area (Å²) in [7, 11) is 0. The molecule has 0 aromatic carbocycles. The van der Waals surface area contributed by atoms with Crippen LogP contribution in [-0.4, -0.2) is 43.0 Å². The summed E-state index contributed by atoms with van der Waals surface area (Å²) in [6.07, 6.45) is 4.50. The zero-order valence-corrected chi connectivity index (χ0v) is 15.1. The van der Waals surface area contributed by atoms with Gasteiger partial charge in [0.05, 0.1) is 6.04 Å². The molecule has 0 radical (unpaired) electrons. The van der Waals surface area contributed by atoms with E-state index in [1.807, 2.05) is 11.3 Å². The van der Waals surface area contributed by atoms with Crippen LogP contribution in [0.25, 0.3) is 0 Å². The van der Waals surface area contributed by atoms with Crippen LogP contribution in [-0.2, 0) is 17.8 Å². The quantitative estimate of drug-likeness (QED) is 0.859. The first-order valence-corrected chi connectivity index (χ1v) is 8.49. The van der Waals surface area contributed by atoms with Gasteiger partial charge in [0.25, 0.3) is 0 Å². The van der Waals surface area contributed by atoms with E-state index in [1.54, 1.807) is 0 Å². The van der Waals surface area contributed by atoms with E-state index in [0.717, 1.165) is 52.0 Å². The summed E-state index contributed by atoms with van der Waals surface area (Å²) in [5, 5.41) is 8.55. The van der Waals surface area contributed by atoms with Crippen molar-refractivity contribution >= 4 is 42.1 Å². The fourth-order valence-electron chi connectivity index (χ4n) is 3.03. The maximum atomic E-state index is 12.0. The van der Waals surface area contributed by atoms with Crippen LogP contribution in [0.1, 0.15) is 29.7 Å². The highest BCUT2D eigenvalue weighted by atomic mass is 35.5. The third kappa shape index (κ3) is 5.10. The lowest BCUT2D eigenvalue weighted by atomic mass is 10.0. The minimum Gasteiger partial charge on any atom is -0.353 e. The Kier molecular flexibility index (Phi) is 8.72. The summed E-state index contributed by atoms with van der Waals surface area (Å²) >= 11 is 1.87. The Morgan fingerprint density at radius 3 is 3.05 bits per heavy atom. The highest BCUT2D eigenvalue weighted by Crippen LogP contribution is 2.23. The van der Waals surface area contributed by atoms with Crippen LogP contribution in [0.3, 0.4) is 0 Å². The lowest BCUT2D eigenvalue weighted by molar-refractivity contribution is -0.123. The lowest BCUT2D eigenvalue weighted by Gasteiger charge is -2.27. The molecule has 3 heterocycles. The molecule has 0 aliphatic carbocycles. The fraction of sp³-hybridized carbons (Fsp3) is 0.667. The van der Waals surface area contributed by atoms with E-state index in [-0.39, 0.29) is 36.8 Å². The van der Waals surface area contributed by atoms with Crippen molar-refractivity contribution in [3.8, 4) is 0 Å². The van der Waals surface area contributed by atoms with E-state index in [0.29, 0.717) is 0 Å². The molecular formula is C15H25Cl2N3OS. The van der Waals surface area contributed by atoms with Gasteiger partial charge in [0.15, 0.2) is 0 Å². The molecule has 3 rings (SSSR count). The Morgan fingerprint density at radius 2 is 2.27 bits per heavy atom. The average Bonchev–Trinajstić information content (AvgIpc) is 2.95. The number of rotatable bonds is 4. The molecule has 0 bridgehead atoms. The molecule has 1 saturated heterocycles. The number of piperidine rings is 1. The van der Waals surface area contributed by atoms with Crippen LogP contribution in [0.15, 0.2) is 11.4 Å². The molecule has 2 aliphatic heterocycles. The molecule has 7 heteroatoms. The first-order chi connectivity index (χ1) is 9.83. The molecule has 0 spiro atoms. The monoisotopic (exact) mass is 365 g/mol. The number of halogens is 2. The van der Waals surface area contributed by atoms with Gasteiger partial charge in [-0.3, -0.25) is 9.69 Å². The Morgan fingerprint density at radius 1 is 1.41 bits per heavy atom. The molecule has 1 aromatic rings. The predicted molar refractivity (Wildman–Crippen MR) is 96.4 cm³/mol. The van der Waals surface area contributed by atoms with Gasteiger partial charge in [0.1, 0.15) is 0 Å². The fourth-order valence-corrected chi connectivity index (χ4v) is 3.92. The first-order valence-electron chi connectivity index (χ1n) is 7.61. The smallest absolute Gasteiger partial charge is 0.237 e. The van der Waals surface area contributed by atoms with Crippen LogP contribution in [0.2, 0.25) is 0 Å². The molecule has 2 N–H and O–H groups in total. The number of thiophene rings is 1. The van der Waals surface area contributed by atoms with E-state index in [2.05, 4.69) is 27.0 Å².